The number of aryl methyl sites for hydroxylation is 1. The molecule has 6 nitrogen and oxygen atoms in total. The number of hydrogen-bond donors (Lipinski definition) is 2. The molecule has 2 amide bonds. The van der Waals surface area contributed by atoms with E-state index in [1.54, 1.807) is 6.92 Å². The number of aromatic nitrogens is 3. The number of H-pyrrole nitrogens is 1. The first-order chi connectivity index (χ1) is 7.75. The number of nitrogens with zero attached hydrogens (tertiary/aromatic N) is 3. The molecule has 0 saturated carbocycles. The Hall–Kier alpha value is -1.59. The highest BCUT2D eigenvalue weighted by atomic mass is 16.2. The first-order valence-electron chi connectivity index (χ1n) is 5.70. The molecule has 1 fully saturated rings. The van der Waals surface area contributed by atoms with Crippen LogP contribution in [0.3, 0.4) is 0 Å². The second-order valence-corrected chi connectivity index (χ2v) is 4.08. The lowest BCUT2D eigenvalue weighted by molar-refractivity contribution is 0.213. The third-order valence-corrected chi connectivity index (χ3v) is 2.71. The lowest BCUT2D eigenvalue weighted by atomic mass is 10.2. The van der Waals surface area contributed by atoms with E-state index in [-0.39, 0.29) is 6.03 Å². The SMILES string of the molecule is Cc1nc(NC(=O)N2CCCCCC2)n[nH]1. The van der Waals surface area contributed by atoms with E-state index in [0.717, 1.165) is 25.9 Å². The van der Waals surface area contributed by atoms with Crippen LogP contribution in [-0.4, -0.2) is 39.2 Å². The summed E-state index contributed by atoms with van der Waals surface area (Å²) in [7, 11) is 0. The summed E-state index contributed by atoms with van der Waals surface area (Å²) in [6.45, 7) is 3.46. The molecule has 2 N–H and O–H groups in total. The van der Waals surface area contributed by atoms with Crippen LogP contribution in [0.1, 0.15) is 31.5 Å². The molecular formula is C10H17N5O. The first kappa shape index (κ1) is 10.9. The minimum Gasteiger partial charge on any atom is -0.324 e. The van der Waals surface area contributed by atoms with Crippen molar-refractivity contribution in [3.8, 4) is 0 Å². The summed E-state index contributed by atoms with van der Waals surface area (Å²) in [6, 6.07) is -0.0964. The number of carbonyl (C=O) groups excluding carboxylic acids is 1. The van der Waals surface area contributed by atoms with Crippen LogP contribution in [0.15, 0.2) is 0 Å². The molecule has 0 radical (unpaired) electrons. The van der Waals surface area contributed by atoms with Crippen molar-refractivity contribution in [2.45, 2.75) is 32.6 Å². The van der Waals surface area contributed by atoms with Gasteiger partial charge in [0.2, 0.25) is 5.95 Å². The quantitative estimate of drug-likeness (QED) is 0.758. The van der Waals surface area contributed by atoms with Crippen LogP contribution in [0, 0.1) is 6.92 Å². The Kier molecular flexibility index (Phi) is 3.38. The van der Waals surface area contributed by atoms with Gasteiger partial charge >= 0.3 is 6.03 Å². The molecular weight excluding hydrogens is 206 g/mol. The predicted molar refractivity (Wildman–Crippen MR) is 60.2 cm³/mol. The molecule has 6 heteroatoms. The zero-order valence-corrected chi connectivity index (χ0v) is 9.49. The number of aromatic amines is 1. The summed E-state index contributed by atoms with van der Waals surface area (Å²) in [5, 5.41) is 9.27. The molecule has 0 aliphatic carbocycles. The number of amides is 2. The maximum absolute atomic E-state index is 11.9. The lowest BCUT2D eigenvalue weighted by Crippen LogP contribution is -2.35. The van der Waals surface area contributed by atoms with E-state index in [1.807, 2.05) is 4.90 Å². The third-order valence-electron chi connectivity index (χ3n) is 2.71. The van der Waals surface area contributed by atoms with Gasteiger partial charge in [-0.05, 0) is 19.8 Å². The lowest BCUT2D eigenvalue weighted by Gasteiger charge is -2.19. The van der Waals surface area contributed by atoms with Gasteiger partial charge in [-0.25, -0.2) is 4.79 Å². The molecule has 2 heterocycles. The van der Waals surface area contributed by atoms with Crippen molar-refractivity contribution in [2.24, 2.45) is 0 Å². The van der Waals surface area contributed by atoms with Crippen molar-refractivity contribution in [3.63, 3.8) is 0 Å². The molecule has 0 bridgehead atoms. The number of anilines is 1. The van der Waals surface area contributed by atoms with Crippen LogP contribution in [0.25, 0.3) is 0 Å². The number of nitrogens with one attached hydrogen (secondary N) is 2. The zero-order valence-electron chi connectivity index (χ0n) is 9.49. The van der Waals surface area contributed by atoms with E-state index in [4.69, 9.17) is 0 Å². The van der Waals surface area contributed by atoms with Crippen LogP contribution in [0.4, 0.5) is 10.7 Å². The van der Waals surface area contributed by atoms with E-state index >= 15 is 0 Å². The Morgan fingerprint density at radius 3 is 2.56 bits per heavy atom. The Balaban J connectivity index is 1.91. The highest BCUT2D eigenvalue weighted by Gasteiger charge is 2.16. The molecule has 88 valence electrons. The van der Waals surface area contributed by atoms with Crippen molar-refractivity contribution in [1.29, 1.82) is 0 Å². The number of hydrogen-bond acceptors (Lipinski definition) is 3. The fourth-order valence-electron chi connectivity index (χ4n) is 1.85. The number of carbonyl (C=O) groups is 1. The fourth-order valence-corrected chi connectivity index (χ4v) is 1.85. The van der Waals surface area contributed by atoms with Gasteiger partial charge in [-0.1, -0.05) is 12.8 Å². The second-order valence-electron chi connectivity index (χ2n) is 4.08. The van der Waals surface area contributed by atoms with Crippen molar-refractivity contribution >= 4 is 12.0 Å². The van der Waals surface area contributed by atoms with Crippen molar-refractivity contribution in [3.05, 3.63) is 5.82 Å². The summed E-state index contributed by atoms with van der Waals surface area (Å²) in [4.78, 5) is 17.7. The minimum absolute atomic E-state index is 0.0964. The zero-order chi connectivity index (χ0) is 11.4. The van der Waals surface area contributed by atoms with Gasteiger partial charge in [-0.15, -0.1) is 5.10 Å². The molecule has 1 aromatic heterocycles. The average Bonchev–Trinajstić information content (AvgIpc) is 2.56. The van der Waals surface area contributed by atoms with Gasteiger partial charge in [0.15, 0.2) is 0 Å². The van der Waals surface area contributed by atoms with Gasteiger partial charge in [0, 0.05) is 13.1 Å². The maximum Gasteiger partial charge on any atom is 0.324 e. The predicted octanol–water partition coefficient (Wildman–Crippen LogP) is 1.52. The summed E-state index contributed by atoms with van der Waals surface area (Å²) < 4.78 is 0. The smallest absolute Gasteiger partial charge is 0.324 e. The highest BCUT2D eigenvalue weighted by molar-refractivity contribution is 5.87. The molecule has 1 aromatic rings. The third kappa shape index (κ3) is 2.71. The van der Waals surface area contributed by atoms with Crippen LogP contribution >= 0.6 is 0 Å². The van der Waals surface area contributed by atoms with Crippen molar-refractivity contribution in [2.75, 3.05) is 18.4 Å². The summed E-state index contributed by atoms with van der Waals surface area (Å²) in [6.07, 6.45) is 4.59. The molecule has 0 unspecified atom stereocenters. The van der Waals surface area contributed by atoms with Crippen LogP contribution in [0.2, 0.25) is 0 Å². The van der Waals surface area contributed by atoms with Crippen molar-refractivity contribution < 1.29 is 4.79 Å². The monoisotopic (exact) mass is 223 g/mol. The number of urea groups is 1. The normalized spacial score (nSPS) is 16.9. The minimum atomic E-state index is -0.0964. The van der Waals surface area contributed by atoms with Crippen LogP contribution in [0.5, 0.6) is 0 Å². The number of likely N-dealkylation sites (tertiary alicyclic amines) is 1. The molecule has 0 aromatic carbocycles. The Morgan fingerprint density at radius 1 is 1.31 bits per heavy atom. The van der Waals surface area contributed by atoms with Crippen LogP contribution < -0.4 is 5.32 Å². The summed E-state index contributed by atoms with van der Waals surface area (Å²) in [5.41, 5.74) is 0. The first-order valence-corrected chi connectivity index (χ1v) is 5.70. The second kappa shape index (κ2) is 4.96. The van der Waals surface area contributed by atoms with Gasteiger partial charge in [0.05, 0.1) is 0 Å². The van der Waals surface area contributed by atoms with E-state index < -0.39 is 0 Å². The van der Waals surface area contributed by atoms with Gasteiger partial charge in [-0.3, -0.25) is 10.4 Å². The standard InChI is InChI=1S/C10H17N5O/c1-8-11-9(14-13-8)12-10(16)15-6-4-2-3-5-7-15/h2-7H2,1H3,(H2,11,12,13,14,16). The molecule has 1 saturated heterocycles. The van der Waals surface area contributed by atoms with E-state index in [9.17, 15) is 4.79 Å². The molecule has 1 aliphatic rings. The fraction of sp³-hybridized carbons (Fsp3) is 0.700. The Labute approximate surface area is 94.4 Å². The average molecular weight is 223 g/mol. The highest BCUT2D eigenvalue weighted by Crippen LogP contribution is 2.10. The van der Waals surface area contributed by atoms with E-state index in [0.29, 0.717) is 11.8 Å². The molecule has 1 aliphatic heterocycles. The topological polar surface area (TPSA) is 73.9 Å². The van der Waals surface area contributed by atoms with Gasteiger partial charge < -0.3 is 4.90 Å². The number of rotatable bonds is 1. The molecule has 0 spiro atoms. The van der Waals surface area contributed by atoms with Gasteiger partial charge in [0.25, 0.3) is 0 Å². The largest absolute Gasteiger partial charge is 0.324 e. The van der Waals surface area contributed by atoms with E-state index in [2.05, 4.69) is 20.5 Å². The Morgan fingerprint density at radius 2 is 2.00 bits per heavy atom. The van der Waals surface area contributed by atoms with Crippen molar-refractivity contribution in [1.82, 2.24) is 20.1 Å². The maximum atomic E-state index is 11.9. The van der Waals surface area contributed by atoms with E-state index in [1.165, 1.54) is 12.8 Å². The molecule has 0 atom stereocenters. The summed E-state index contributed by atoms with van der Waals surface area (Å²) in [5.74, 6) is 1.05. The molecule has 2 rings (SSSR count). The summed E-state index contributed by atoms with van der Waals surface area (Å²) >= 11 is 0. The van der Waals surface area contributed by atoms with Crippen LogP contribution in [-0.2, 0) is 0 Å². The van der Waals surface area contributed by atoms with Gasteiger partial charge in [-0.2, -0.15) is 4.98 Å². The van der Waals surface area contributed by atoms with Gasteiger partial charge in [0.1, 0.15) is 5.82 Å². The Bertz CT molecular complexity index is 354. The molecule has 16 heavy (non-hydrogen) atoms.